The predicted molar refractivity (Wildman–Crippen MR) is 123 cm³/mol. The second kappa shape index (κ2) is 11.4. The minimum absolute atomic E-state index is 0.0354. The molecule has 0 unspecified atom stereocenters. The van der Waals surface area contributed by atoms with E-state index in [1.54, 1.807) is 60.7 Å². The minimum Gasteiger partial charge on any atom is -0.423 e. The molecule has 0 aromatic heterocycles. The molecule has 0 fully saturated rings. The number of carbonyl (C=O) groups is 2. The van der Waals surface area contributed by atoms with Gasteiger partial charge in [0.15, 0.2) is 0 Å². The summed E-state index contributed by atoms with van der Waals surface area (Å²) in [7, 11) is 0. The van der Waals surface area contributed by atoms with Crippen LogP contribution in [0.25, 0.3) is 0 Å². The first-order valence-electron chi connectivity index (χ1n) is 9.51. The summed E-state index contributed by atoms with van der Waals surface area (Å²) in [4.78, 5) is 34.1. The molecule has 32 heavy (non-hydrogen) atoms. The van der Waals surface area contributed by atoms with Crippen LogP contribution in [0.2, 0.25) is 0 Å². The summed E-state index contributed by atoms with van der Waals surface area (Å²) in [5.74, 6) is 0.454. The van der Waals surface area contributed by atoms with Crippen LogP contribution in [-0.2, 0) is 10.5 Å². The van der Waals surface area contributed by atoms with Gasteiger partial charge in [-0.1, -0.05) is 30.3 Å². The van der Waals surface area contributed by atoms with Gasteiger partial charge in [0.25, 0.3) is 5.69 Å². The maximum Gasteiger partial charge on any atom is 0.343 e. The average Bonchev–Trinajstić information content (AvgIpc) is 2.81. The zero-order valence-corrected chi connectivity index (χ0v) is 17.7. The van der Waals surface area contributed by atoms with Crippen LogP contribution in [0.5, 0.6) is 5.75 Å². The number of amides is 1. The molecule has 3 aromatic carbocycles. The van der Waals surface area contributed by atoms with Crippen molar-refractivity contribution in [1.29, 1.82) is 0 Å². The van der Waals surface area contributed by atoms with Gasteiger partial charge in [-0.3, -0.25) is 14.9 Å². The van der Waals surface area contributed by atoms with E-state index in [1.807, 2.05) is 6.07 Å². The summed E-state index contributed by atoms with van der Waals surface area (Å²) in [5, 5.41) is 14.6. The van der Waals surface area contributed by atoms with Gasteiger partial charge in [-0.15, -0.1) is 11.8 Å². The van der Waals surface area contributed by atoms with E-state index in [0.29, 0.717) is 17.1 Å². The van der Waals surface area contributed by atoms with Gasteiger partial charge in [0.1, 0.15) is 5.75 Å². The number of nitrogens with zero attached hydrogens (tertiary/aromatic N) is 2. The maximum absolute atomic E-state index is 12.0. The standard InChI is InChI=1S/C23H19N3O5S/c27-22(16-32-15-18-6-10-20(11-7-18)26(29)30)25-24-14-17-8-12-21(13-9-17)31-23(28)19-4-2-1-3-5-19/h1-14H,15-16H2,(H,25,27). The zero-order valence-electron chi connectivity index (χ0n) is 16.8. The monoisotopic (exact) mass is 449 g/mol. The van der Waals surface area contributed by atoms with E-state index in [2.05, 4.69) is 10.5 Å². The fourth-order valence-corrected chi connectivity index (χ4v) is 3.33. The van der Waals surface area contributed by atoms with Crippen molar-refractivity contribution in [2.75, 3.05) is 5.75 Å². The molecular formula is C23H19N3O5S. The summed E-state index contributed by atoms with van der Waals surface area (Å²) in [6.45, 7) is 0. The van der Waals surface area contributed by atoms with Gasteiger partial charge in [0, 0.05) is 17.9 Å². The lowest BCUT2D eigenvalue weighted by Crippen LogP contribution is -2.19. The van der Waals surface area contributed by atoms with Crippen molar-refractivity contribution in [1.82, 2.24) is 5.43 Å². The van der Waals surface area contributed by atoms with E-state index in [9.17, 15) is 19.7 Å². The molecule has 0 bridgehead atoms. The van der Waals surface area contributed by atoms with Gasteiger partial charge in [-0.05, 0) is 47.5 Å². The molecule has 0 saturated heterocycles. The first kappa shape index (κ1) is 22.7. The quantitative estimate of drug-likeness (QED) is 0.172. The Balaban J connectivity index is 1.39. The molecule has 0 spiro atoms. The molecule has 0 aliphatic carbocycles. The number of nitro groups is 1. The van der Waals surface area contributed by atoms with Crippen LogP contribution in [-0.4, -0.2) is 28.8 Å². The number of esters is 1. The van der Waals surface area contributed by atoms with Crippen molar-refractivity contribution in [2.45, 2.75) is 5.75 Å². The van der Waals surface area contributed by atoms with Crippen molar-refractivity contribution < 1.29 is 19.2 Å². The Kier molecular flexibility index (Phi) is 8.10. The van der Waals surface area contributed by atoms with E-state index in [1.165, 1.54) is 30.1 Å². The number of hydrogen-bond donors (Lipinski definition) is 1. The van der Waals surface area contributed by atoms with Crippen molar-refractivity contribution in [3.05, 3.63) is 106 Å². The summed E-state index contributed by atoms with van der Waals surface area (Å²) in [6.07, 6.45) is 1.49. The van der Waals surface area contributed by atoms with Crippen LogP contribution in [0.3, 0.4) is 0 Å². The smallest absolute Gasteiger partial charge is 0.343 e. The van der Waals surface area contributed by atoms with Crippen LogP contribution in [0.1, 0.15) is 21.5 Å². The third-order valence-corrected chi connectivity index (χ3v) is 5.16. The van der Waals surface area contributed by atoms with Crippen LogP contribution in [0.15, 0.2) is 84.0 Å². The van der Waals surface area contributed by atoms with E-state index in [-0.39, 0.29) is 17.3 Å². The highest BCUT2D eigenvalue weighted by Crippen LogP contribution is 2.17. The van der Waals surface area contributed by atoms with Crippen molar-refractivity contribution >= 4 is 35.5 Å². The van der Waals surface area contributed by atoms with Crippen LogP contribution >= 0.6 is 11.8 Å². The van der Waals surface area contributed by atoms with Crippen LogP contribution < -0.4 is 10.2 Å². The largest absolute Gasteiger partial charge is 0.423 e. The SMILES string of the molecule is O=C(CSCc1ccc([N+](=O)[O-])cc1)NN=Cc1ccc(OC(=O)c2ccccc2)cc1. The van der Waals surface area contributed by atoms with Gasteiger partial charge >= 0.3 is 5.97 Å². The molecule has 0 aliphatic rings. The highest BCUT2D eigenvalue weighted by atomic mass is 32.2. The van der Waals surface area contributed by atoms with Crippen molar-refractivity contribution in [3.8, 4) is 5.75 Å². The number of hydrazone groups is 1. The maximum atomic E-state index is 12.0. The van der Waals surface area contributed by atoms with Gasteiger partial charge in [-0.2, -0.15) is 5.10 Å². The Morgan fingerprint density at radius 3 is 2.34 bits per heavy atom. The van der Waals surface area contributed by atoms with E-state index in [0.717, 1.165) is 11.1 Å². The van der Waals surface area contributed by atoms with Crippen LogP contribution in [0, 0.1) is 10.1 Å². The topological polar surface area (TPSA) is 111 Å². The van der Waals surface area contributed by atoms with Gasteiger partial charge in [-0.25, -0.2) is 10.2 Å². The minimum atomic E-state index is -0.451. The number of ether oxygens (including phenoxy) is 1. The number of rotatable bonds is 9. The van der Waals surface area contributed by atoms with Crippen molar-refractivity contribution in [3.63, 3.8) is 0 Å². The third-order valence-electron chi connectivity index (χ3n) is 4.15. The number of non-ortho nitro benzene ring substituents is 1. The summed E-state index contributed by atoms with van der Waals surface area (Å²) >= 11 is 1.38. The molecule has 3 rings (SSSR count). The predicted octanol–water partition coefficient (Wildman–Crippen LogP) is 4.20. The van der Waals surface area contributed by atoms with Crippen molar-refractivity contribution in [2.24, 2.45) is 5.10 Å². The number of nitrogens with one attached hydrogen (secondary N) is 1. The number of benzene rings is 3. The Labute approximate surface area is 188 Å². The number of nitro benzene ring substituents is 1. The molecule has 3 aromatic rings. The van der Waals surface area contributed by atoms with E-state index < -0.39 is 10.9 Å². The van der Waals surface area contributed by atoms with Gasteiger partial charge in [0.05, 0.1) is 22.5 Å². The zero-order chi connectivity index (χ0) is 22.8. The molecule has 0 radical (unpaired) electrons. The summed E-state index contributed by atoms with van der Waals surface area (Å²) < 4.78 is 5.31. The first-order chi connectivity index (χ1) is 15.5. The number of thioether (sulfide) groups is 1. The molecule has 0 aliphatic heterocycles. The Bertz CT molecular complexity index is 1100. The van der Waals surface area contributed by atoms with Crippen LogP contribution in [0.4, 0.5) is 5.69 Å². The molecule has 162 valence electrons. The third kappa shape index (κ3) is 7.06. The number of carbonyl (C=O) groups excluding carboxylic acids is 2. The average molecular weight is 449 g/mol. The molecule has 0 heterocycles. The normalized spacial score (nSPS) is 10.6. The Hall–Kier alpha value is -3.98. The number of hydrogen-bond acceptors (Lipinski definition) is 7. The fraction of sp³-hybridized carbons (Fsp3) is 0.0870. The second-order valence-corrected chi connectivity index (χ2v) is 7.52. The van der Waals surface area contributed by atoms with Gasteiger partial charge < -0.3 is 4.74 Å². The lowest BCUT2D eigenvalue weighted by Gasteiger charge is -2.04. The Morgan fingerprint density at radius 1 is 1.00 bits per heavy atom. The molecule has 9 heteroatoms. The highest BCUT2D eigenvalue weighted by Gasteiger charge is 2.07. The first-order valence-corrected chi connectivity index (χ1v) is 10.7. The molecule has 8 nitrogen and oxygen atoms in total. The molecule has 1 amide bonds. The van der Waals surface area contributed by atoms with E-state index in [4.69, 9.17) is 4.74 Å². The fourth-order valence-electron chi connectivity index (χ4n) is 2.55. The second-order valence-electron chi connectivity index (χ2n) is 6.53. The molecule has 0 saturated carbocycles. The summed E-state index contributed by atoms with van der Waals surface area (Å²) in [5.41, 5.74) is 4.56. The Morgan fingerprint density at radius 2 is 1.69 bits per heavy atom. The van der Waals surface area contributed by atoms with Gasteiger partial charge in [0.2, 0.25) is 5.91 Å². The highest BCUT2D eigenvalue weighted by molar-refractivity contribution is 7.99. The lowest BCUT2D eigenvalue weighted by molar-refractivity contribution is -0.384. The van der Waals surface area contributed by atoms with E-state index >= 15 is 0 Å². The molecule has 0 atom stereocenters. The molecular weight excluding hydrogens is 430 g/mol. The molecule has 1 N–H and O–H groups in total. The summed E-state index contributed by atoms with van der Waals surface area (Å²) in [6, 6.07) is 21.6. The lowest BCUT2D eigenvalue weighted by atomic mass is 10.2.